The molecular weight excluding hydrogens is 657 g/mol. The molecule has 1 heterocycles. The van der Waals surface area contributed by atoms with E-state index in [9.17, 15) is 30.0 Å². The molecule has 0 saturated carbocycles. The normalized spacial score (nSPS) is 18.2. The molecule has 43 heavy (non-hydrogen) atoms. The summed E-state index contributed by atoms with van der Waals surface area (Å²) < 4.78 is 83.6. The number of sulfonamides is 3. The summed E-state index contributed by atoms with van der Waals surface area (Å²) in [7, 11) is -12.0. The van der Waals surface area contributed by atoms with Crippen LogP contribution < -0.4 is 9.44 Å². The molecule has 1 amide bonds. The fraction of sp³-hybridized carbons (Fsp3) is 0.250. The fourth-order valence-electron chi connectivity index (χ4n) is 4.51. The summed E-state index contributed by atoms with van der Waals surface area (Å²) in [6.07, 6.45) is 4.09. The summed E-state index contributed by atoms with van der Waals surface area (Å²) in [4.78, 5) is 12.2. The van der Waals surface area contributed by atoms with E-state index in [1.54, 1.807) is 30.4 Å². The van der Waals surface area contributed by atoms with E-state index in [0.717, 1.165) is 0 Å². The Kier molecular flexibility index (Phi) is 10.7. The maximum absolute atomic E-state index is 13.6. The molecule has 0 radical (unpaired) electrons. The van der Waals surface area contributed by atoms with Crippen molar-refractivity contribution in [1.82, 2.24) is 13.7 Å². The minimum absolute atomic E-state index is 0.00412. The smallest absolute Gasteiger partial charge is 0.264 e. The first kappa shape index (κ1) is 33.1. The van der Waals surface area contributed by atoms with Crippen molar-refractivity contribution in [2.75, 3.05) is 6.54 Å². The van der Waals surface area contributed by atoms with Gasteiger partial charge in [-0.25, -0.2) is 34.7 Å². The summed E-state index contributed by atoms with van der Waals surface area (Å²) in [5.41, 5.74) is 0. The molecule has 1 aliphatic rings. The molecule has 0 aromatic heterocycles. The molecule has 1 aliphatic heterocycles. The van der Waals surface area contributed by atoms with Gasteiger partial charge in [-0.3, -0.25) is 4.79 Å². The van der Waals surface area contributed by atoms with Crippen molar-refractivity contribution in [2.24, 2.45) is 0 Å². The first-order valence-electron chi connectivity index (χ1n) is 13.1. The van der Waals surface area contributed by atoms with Gasteiger partial charge in [-0.2, -0.15) is 4.31 Å². The lowest BCUT2D eigenvalue weighted by atomic mass is 10.1. The van der Waals surface area contributed by atoms with E-state index in [2.05, 4.69) is 4.72 Å². The van der Waals surface area contributed by atoms with Crippen molar-refractivity contribution < 1.29 is 30.0 Å². The summed E-state index contributed by atoms with van der Waals surface area (Å²) >= 11 is 11.8. The van der Waals surface area contributed by atoms with Crippen LogP contribution in [0.5, 0.6) is 0 Å². The van der Waals surface area contributed by atoms with E-state index in [1.165, 1.54) is 65.0 Å². The van der Waals surface area contributed by atoms with Crippen LogP contribution in [0.1, 0.15) is 25.7 Å². The van der Waals surface area contributed by atoms with Gasteiger partial charge >= 0.3 is 0 Å². The standard InChI is InChI=1S/C28H29Cl2N3O7S3/c29-21-11-15-26(16-12-21)41(35,36)31-23-19-24(33(20-23)43(39,40)27-17-13-22(30)14-18-27)7-3-1-6-10-28(34)32-42(37,38)25-8-4-2-5-9-25/h2-5,7-9,11-18,23-24,31H,1,6,10,19-20H2,(H,32,34)/t23-,24-/m1/s1. The Hall–Kier alpha value is -2.78. The molecule has 1 saturated heterocycles. The van der Waals surface area contributed by atoms with Gasteiger partial charge in [0.05, 0.1) is 14.7 Å². The zero-order valence-electron chi connectivity index (χ0n) is 22.6. The zero-order chi connectivity index (χ0) is 31.3. The summed E-state index contributed by atoms with van der Waals surface area (Å²) in [5.74, 6) is -0.665. The molecule has 230 valence electrons. The highest BCUT2D eigenvalue weighted by Gasteiger charge is 2.40. The number of halogens is 2. The van der Waals surface area contributed by atoms with Crippen molar-refractivity contribution in [3.8, 4) is 0 Å². The maximum atomic E-state index is 13.6. The highest BCUT2D eigenvalue weighted by Crippen LogP contribution is 2.29. The average molecular weight is 687 g/mol. The monoisotopic (exact) mass is 685 g/mol. The van der Waals surface area contributed by atoms with Gasteiger partial charge in [0.2, 0.25) is 26.0 Å². The van der Waals surface area contributed by atoms with Crippen LogP contribution in [-0.2, 0) is 34.9 Å². The van der Waals surface area contributed by atoms with Crippen molar-refractivity contribution >= 4 is 59.2 Å². The molecule has 15 heteroatoms. The quantitative estimate of drug-likeness (QED) is 0.213. The lowest BCUT2D eigenvalue weighted by molar-refractivity contribution is -0.119. The Morgan fingerprint density at radius 2 is 1.35 bits per heavy atom. The first-order chi connectivity index (χ1) is 20.3. The van der Waals surface area contributed by atoms with Crippen molar-refractivity contribution in [3.05, 3.63) is 101 Å². The summed E-state index contributed by atoms with van der Waals surface area (Å²) in [5, 5.41) is 0.742. The Balaban J connectivity index is 1.43. The SMILES string of the molecule is O=C(CCCC=C[C@@H]1C[C@@H](NS(=O)(=O)c2ccc(Cl)cc2)CN1S(=O)(=O)c1ccc(Cl)cc1)NS(=O)(=O)c1ccccc1. The number of carbonyl (C=O) groups excluding carboxylic acids is 1. The van der Waals surface area contributed by atoms with Crippen molar-refractivity contribution in [3.63, 3.8) is 0 Å². The number of nitrogens with one attached hydrogen (secondary N) is 2. The van der Waals surface area contributed by atoms with E-state index in [1.807, 2.05) is 4.72 Å². The number of rotatable bonds is 12. The molecule has 3 aromatic rings. The van der Waals surface area contributed by atoms with Crippen LogP contribution in [0.4, 0.5) is 0 Å². The molecule has 2 N–H and O–H groups in total. The lowest BCUT2D eigenvalue weighted by Gasteiger charge is -2.22. The third-order valence-corrected chi connectivity index (χ3v) is 11.9. The Morgan fingerprint density at radius 1 is 0.791 bits per heavy atom. The first-order valence-corrected chi connectivity index (χ1v) is 18.3. The molecule has 0 aliphatic carbocycles. The molecular formula is C28H29Cl2N3O7S3. The average Bonchev–Trinajstić information content (AvgIpc) is 3.36. The third-order valence-electron chi connectivity index (χ3n) is 6.60. The van der Waals surface area contributed by atoms with Gasteiger partial charge in [-0.15, -0.1) is 0 Å². The topological polar surface area (TPSA) is 147 Å². The largest absolute Gasteiger partial charge is 0.274 e. The Bertz CT molecular complexity index is 1780. The molecule has 10 nitrogen and oxygen atoms in total. The Labute approximate surface area is 261 Å². The molecule has 0 bridgehead atoms. The number of unbranched alkanes of at least 4 members (excludes halogenated alkanes) is 1. The van der Waals surface area contributed by atoms with E-state index in [0.29, 0.717) is 22.9 Å². The van der Waals surface area contributed by atoms with Crippen LogP contribution in [0, 0.1) is 0 Å². The van der Waals surface area contributed by atoms with Crippen LogP contribution in [0.3, 0.4) is 0 Å². The second-order valence-corrected chi connectivity index (χ2v) is 15.9. The molecule has 0 spiro atoms. The number of nitrogens with zero attached hydrogens (tertiary/aromatic N) is 1. The number of hydrogen-bond donors (Lipinski definition) is 2. The Morgan fingerprint density at radius 3 is 1.95 bits per heavy atom. The number of amides is 1. The van der Waals surface area contributed by atoms with Crippen molar-refractivity contribution in [2.45, 2.75) is 52.5 Å². The van der Waals surface area contributed by atoms with Gasteiger partial charge in [-0.05, 0) is 79.9 Å². The summed E-state index contributed by atoms with van der Waals surface area (Å²) in [6.45, 7) is -0.119. The van der Waals surface area contributed by atoms with Crippen LogP contribution in [0.15, 0.2) is 106 Å². The molecule has 1 fully saturated rings. The van der Waals surface area contributed by atoms with Crippen LogP contribution >= 0.6 is 23.2 Å². The number of benzene rings is 3. The van der Waals surface area contributed by atoms with E-state index in [-0.39, 0.29) is 34.1 Å². The van der Waals surface area contributed by atoms with E-state index in [4.69, 9.17) is 23.2 Å². The number of hydrogen-bond acceptors (Lipinski definition) is 7. The van der Waals surface area contributed by atoms with E-state index >= 15 is 0 Å². The van der Waals surface area contributed by atoms with Gasteiger partial charge in [0.1, 0.15) is 0 Å². The van der Waals surface area contributed by atoms with Crippen molar-refractivity contribution in [1.29, 1.82) is 0 Å². The number of allylic oxidation sites excluding steroid dienone is 1. The summed E-state index contributed by atoms with van der Waals surface area (Å²) in [6, 6.07) is 17.4. The second-order valence-electron chi connectivity index (χ2n) is 9.77. The minimum Gasteiger partial charge on any atom is -0.274 e. The van der Waals surface area contributed by atoms with Gasteiger partial charge in [-0.1, -0.05) is 53.6 Å². The van der Waals surface area contributed by atoms with Crippen LogP contribution in [0.2, 0.25) is 10.0 Å². The number of carbonyl (C=O) groups is 1. The minimum atomic E-state index is -4.03. The molecule has 2 atom stereocenters. The maximum Gasteiger partial charge on any atom is 0.264 e. The van der Waals surface area contributed by atoms with Gasteiger partial charge < -0.3 is 0 Å². The van der Waals surface area contributed by atoms with Gasteiger partial charge in [0.15, 0.2) is 0 Å². The zero-order valence-corrected chi connectivity index (χ0v) is 26.6. The van der Waals surface area contributed by atoms with Gasteiger partial charge in [0, 0.05) is 35.1 Å². The molecule has 4 rings (SSSR count). The third kappa shape index (κ3) is 8.66. The lowest BCUT2D eigenvalue weighted by Crippen LogP contribution is -2.39. The van der Waals surface area contributed by atoms with Crippen LogP contribution in [-0.4, -0.2) is 54.1 Å². The highest BCUT2D eigenvalue weighted by atomic mass is 35.5. The van der Waals surface area contributed by atoms with Gasteiger partial charge in [0.25, 0.3) is 10.0 Å². The molecule has 0 unspecified atom stereocenters. The highest BCUT2D eigenvalue weighted by molar-refractivity contribution is 7.90. The second kappa shape index (κ2) is 13.9. The molecule has 3 aromatic carbocycles. The van der Waals surface area contributed by atoms with E-state index < -0.39 is 48.1 Å². The predicted octanol–water partition coefficient (Wildman–Crippen LogP) is 4.34. The van der Waals surface area contributed by atoms with Crippen LogP contribution in [0.25, 0.3) is 0 Å². The fourth-order valence-corrected chi connectivity index (χ4v) is 8.68. The predicted molar refractivity (Wildman–Crippen MR) is 164 cm³/mol.